The van der Waals surface area contributed by atoms with Gasteiger partial charge >= 0.3 is 0 Å². The molecular formula is C24H30N2O. The highest BCUT2D eigenvalue weighted by molar-refractivity contribution is 5.92. The topological polar surface area (TPSA) is 32.3 Å². The number of nitrogens with zero attached hydrogens (tertiary/aromatic N) is 1. The van der Waals surface area contributed by atoms with Crippen LogP contribution in [0.3, 0.4) is 0 Å². The fourth-order valence-corrected chi connectivity index (χ4v) is 4.88. The lowest BCUT2D eigenvalue weighted by molar-refractivity contribution is -0.115. The van der Waals surface area contributed by atoms with Gasteiger partial charge in [0.05, 0.1) is 6.42 Å². The Kier molecular flexibility index (Phi) is 5.58. The lowest BCUT2D eigenvalue weighted by atomic mass is 9.97. The number of hydrogen-bond acceptors (Lipinski definition) is 2. The van der Waals surface area contributed by atoms with Crippen molar-refractivity contribution in [3.8, 4) is 0 Å². The maximum absolute atomic E-state index is 12.2. The highest BCUT2D eigenvalue weighted by Crippen LogP contribution is 2.39. The molecule has 2 aromatic rings. The van der Waals surface area contributed by atoms with E-state index in [0.717, 1.165) is 23.3 Å². The van der Waals surface area contributed by atoms with Crippen LogP contribution < -0.4 is 5.32 Å². The summed E-state index contributed by atoms with van der Waals surface area (Å²) < 4.78 is 0. The fraction of sp³-hybridized carbons (Fsp3) is 0.458. The van der Waals surface area contributed by atoms with Crippen molar-refractivity contribution in [2.45, 2.75) is 63.5 Å². The summed E-state index contributed by atoms with van der Waals surface area (Å²) in [5, 5.41) is 3.02. The Balaban J connectivity index is 1.32. The molecule has 3 heteroatoms. The van der Waals surface area contributed by atoms with Crippen LogP contribution in [-0.4, -0.2) is 29.4 Å². The molecular weight excluding hydrogens is 332 g/mol. The average molecular weight is 363 g/mol. The van der Waals surface area contributed by atoms with E-state index in [9.17, 15) is 4.79 Å². The number of amides is 1. The van der Waals surface area contributed by atoms with Crippen LogP contribution in [0.15, 0.2) is 54.6 Å². The predicted molar refractivity (Wildman–Crippen MR) is 111 cm³/mol. The van der Waals surface area contributed by atoms with Crippen LogP contribution in [0, 0.1) is 0 Å². The molecule has 2 aromatic carbocycles. The van der Waals surface area contributed by atoms with Gasteiger partial charge in [0.25, 0.3) is 0 Å². The van der Waals surface area contributed by atoms with E-state index in [1.165, 1.54) is 44.2 Å². The van der Waals surface area contributed by atoms with Crippen molar-refractivity contribution >= 4 is 11.6 Å². The largest absolute Gasteiger partial charge is 0.326 e. The van der Waals surface area contributed by atoms with Gasteiger partial charge in [-0.25, -0.2) is 0 Å². The van der Waals surface area contributed by atoms with Gasteiger partial charge in [-0.05, 0) is 74.8 Å². The minimum absolute atomic E-state index is 0.0397. The summed E-state index contributed by atoms with van der Waals surface area (Å²) in [5.41, 5.74) is 3.35. The van der Waals surface area contributed by atoms with E-state index < -0.39 is 0 Å². The first-order chi connectivity index (χ1) is 13.2. The third-order valence-electron chi connectivity index (χ3n) is 6.35. The number of likely N-dealkylation sites (tertiary alicyclic amines) is 1. The second-order valence-electron chi connectivity index (χ2n) is 8.23. The molecule has 1 aliphatic carbocycles. The van der Waals surface area contributed by atoms with Crippen LogP contribution in [0.4, 0.5) is 5.69 Å². The molecule has 0 spiro atoms. The zero-order valence-electron chi connectivity index (χ0n) is 16.2. The summed E-state index contributed by atoms with van der Waals surface area (Å²) in [5.74, 6) is 0.703. The van der Waals surface area contributed by atoms with Crippen molar-refractivity contribution in [3.63, 3.8) is 0 Å². The molecule has 0 bridgehead atoms. The molecule has 0 radical (unpaired) electrons. The Labute approximate surface area is 162 Å². The Morgan fingerprint density at radius 2 is 1.81 bits per heavy atom. The monoisotopic (exact) mass is 362 g/mol. The molecule has 2 unspecified atom stereocenters. The van der Waals surface area contributed by atoms with Gasteiger partial charge < -0.3 is 5.32 Å². The van der Waals surface area contributed by atoms with E-state index in [0.29, 0.717) is 12.3 Å². The Morgan fingerprint density at radius 1 is 1.04 bits per heavy atom. The van der Waals surface area contributed by atoms with Gasteiger partial charge in [0.1, 0.15) is 0 Å². The number of rotatable bonds is 5. The molecule has 0 aromatic heterocycles. The third-order valence-corrected chi connectivity index (χ3v) is 6.35. The molecule has 27 heavy (non-hydrogen) atoms. The maximum Gasteiger partial charge on any atom is 0.228 e. The third kappa shape index (κ3) is 4.41. The van der Waals surface area contributed by atoms with Gasteiger partial charge in [-0.2, -0.15) is 0 Å². The molecule has 1 amide bonds. The SMILES string of the molecule is CC1CCCN1C1CC[C@H](c2ccc(NC(=O)Cc3ccccc3)cc2)C1. The van der Waals surface area contributed by atoms with Crippen LogP contribution >= 0.6 is 0 Å². The van der Waals surface area contributed by atoms with Crippen molar-refractivity contribution < 1.29 is 4.79 Å². The Morgan fingerprint density at radius 3 is 2.52 bits per heavy atom. The van der Waals surface area contributed by atoms with E-state index in [2.05, 4.69) is 41.4 Å². The van der Waals surface area contributed by atoms with E-state index in [-0.39, 0.29) is 5.91 Å². The summed E-state index contributed by atoms with van der Waals surface area (Å²) in [7, 11) is 0. The van der Waals surface area contributed by atoms with E-state index >= 15 is 0 Å². The maximum atomic E-state index is 12.2. The Bertz CT molecular complexity index is 756. The number of anilines is 1. The number of carbonyl (C=O) groups is 1. The summed E-state index contributed by atoms with van der Waals surface area (Å²) in [6.07, 6.45) is 7.03. The van der Waals surface area contributed by atoms with Crippen molar-refractivity contribution in [2.24, 2.45) is 0 Å². The van der Waals surface area contributed by atoms with Gasteiger partial charge in [-0.15, -0.1) is 0 Å². The van der Waals surface area contributed by atoms with E-state index in [1.54, 1.807) is 0 Å². The highest BCUT2D eigenvalue weighted by atomic mass is 16.1. The van der Waals surface area contributed by atoms with Crippen LogP contribution in [0.5, 0.6) is 0 Å². The normalized spacial score (nSPS) is 25.6. The molecule has 3 nitrogen and oxygen atoms in total. The number of nitrogens with one attached hydrogen (secondary N) is 1. The van der Waals surface area contributed by atoms with Gasteiger partial charge in [0.2, 0.25) is 5.91 Å². The quantitative estimate of drug-likeness (QED) is 0.813. The average Bonchev–Trinajstić information content (AvgIpc) is 3.32. The van der Waals surface area contributed by atoms with E-state index in [1.807, 2.05) is 30.3 Å². The molecule has 1 N–H and O–H groups in total. The minimum atomic E-state index is 0.0397. The molecule has 2 aliphatic rings. The van der Waals surface area contributed by atoms with Crippen LogP contribution in [0.25, 0.3) is 0 Å². The predicted octanol–water partition coefficient (Wildman–Crippen LogP) is 4.99. The number of carbonyl (C=O) groups excluding carboxylic acids is 1. The van der Waals surface area contributed by atoms with Crippen LogP contribution in [0.1, 0.15) is 56.1 Å². The Hall–Kier alpha value is -2.13. The second-order valence-corrected chi connectivity index (χ2v) is 8.23. The van der Waals surface area contributed by atoms with Crippen molar-refractivity contribution in [1.29, 1.82) is 0 Å². The first-order valence-corrected chi connectivity index (χ1v) is 10.4. The van der Waals surface area contributed by atoms with Gasteiger partial charge in [0, 0.05) is 17.8 Å². The molecule has 1 saturated heterocycles. The van der Waals surface area contributed by atoms with Crippen LogP contribution in [-0.2, 0) is 11.2 Å². The lowest BCUT2D eigenvalue weighted by Crippen LogP contribution is -2.35. The molecule has 142 valence electrons. The summed E-state index contributed by atoms with van der Waals surface area (Å²) in [6.45, 7) is 3.66. The zero-order chi connectivity index (χ0) is 18.6. The smallest absolute Gasteiger partial charge is 0.228 e. The molecule has 1 aliphatic heterocycles. The number of benzene rings is 2. The lowest BCUT2D eigenvalue weighted by Gasteiger charge is -2.28. The molecule has 1 saturated carbocycles. The molecule has 4 rings (SSSR count). The van der Waals surface area contributed by atoms with Gasteiger partial charge in [-0.1, -0.05) is 42.5 Å². The first-order valence-electron chi connectivity index (χ1n) is 10.4. The summed E-state index contributed by atoms with van der Waals surface area (Å²) >= 11 is 0. The summed E-state index contributed by atoms with van der Waals surface area (Å²) in [4.78, 5) is 15.0. The number of hydrogen-bond donors (Lipinski definition) is 1. The van der Waals surface area contributed by atoms with Crippen molar-refractivity contribution in [3.05, 3.63) is 65.7 Å². The van der Waals surface area contributed by atoms with E-state index in [4.69, 9.17) is 0 Å². The fourth-order valence-electron chi connectivity index (χ4n) is 4.88. The molecule has 3 atom stereocenters. The van der Waals surface area contributed by atoms with Crippen molar-refractivity contribution in [1.82, 2.24) is 4.90 Å². The standard InChI is InChI=1S/C24H30N2O/c1-18-6-5-15-26(18)23-14-11-21(17-23)20-9-12-22(13-10-20)25-24(27)16-19-7-3-2-4-8-19/h2-4,7-10,12-13,18,21,23H,5-6,11,14-17H2,1H3,(H,25,27)/t18?,21-,23?/m0/s1. The zero-order valence-corrected chi connectivity index (χ0v) is 16.2. The van der Waals surface area contributed by atoms with Gasteiger partial charge in [0.15, 0.2) is 0 Å². The summed E-state index contributed by atoms with van der Waals surface area (Å²) in [6, 6.07) is 19.9. The molecule has 1 heterocycles. The van der Waals surface area contributed by atoms with Crippen molar-refractivity contribution in [2.75, 3.05) is 11.9 Å². The second kappa shape index (κ2) is 8.26. The first kappa shape index (κ1) is 18.2. The minimum Gasteiger partial charge on any atom is -0.326 e. The molecule has 2 fully saturated rings. The highest BCUT2D eigenvalue weighted by Gasteiger charge is 2.34. The van der Waals surface area contributed by atoms with Crippen LogP contribution in [0.2, 0.25) is 0 Å². The van der Waals surface area contributed by atoms with Gasteiger partial charge in [-0.3, -0.25) is 9.69 Å².